The lowest BCUT2D eigenvalue weighted by Gasteiger charge is -2.33. The van der Waals surface area contributed by atoms with Crippen LogP contribution in [-0.4, -0.2) is 50.2 Å². The number of ether oxygens (including phenoxy) is 1. The third kappa shape index (κ3) is 1.95. The van der Waals surface area contributed by atoms with Crippen LogP contribution in [0.25, 0.3) is 0 Å². The molecule has 1 fully saturated rings. The third-order valence-corrected chi connectivity index (χ3v) is 2.19. The summed E-state index contributed by atoms with van der Waals surface area (Å²) in [6.07, 6.45) is 0. The minimum atomic E-state index is -0.0891. The van der Waals surface area contributed by atoms with E-state index < -0.39 is 0 Å². The Hall–Kier alpha value is -0.610. The van der Waals surface area contributed by atoms with Gasteiger partial charge in [0.2, 0.25) is 5.91 Å². The molecule has 0 radical (unpaired) electrons. The molecule has 70 valence electrons. The fraction of sp³-hybridized carbons (Fsp3) is 0.875. The number of carbonyl (C=O) groups excluding carboxylic acids is 1. The van der Waals surface area contributed by atoms with E-state index in [-0.39, 0.29) is 11.9 Å². The fourth-order valence-corrected chi connectivity index (χ4v) is 1.42. The quantitative estimate of drug-likeness (QED) is 0.608. The molecule has 1 amide bonds. The molecule has 0 aliphatic carbocycles. The van der Waals surface area contributed by atoms with Crippen molar-refractivity contribution >= 4 is 5.91 Å². The van der Waals surface area contributed by atoms with E-state index in [0.29, 0.717) is 6.61 Å². The Bertz CT molecular complexity index is 161. The van der Waals surface area contributed by atoms with Gasteiger partial charge in [-0.3, -0.25) is 9.69 Å². The monoisotopic (exact) mass is 172 g/mol. The number of carbonyl (C=O) groups is 1. The van der Waals surface area contributed by atoms with Gasteiger partial charge in [-0.15, -0.1) is 0 Å². The number of rotatable bonds is 2. The zero-order chi connectivity index (χ0) is 8.97. The van der Waals surface area contributed by atoms with Gasteiger partial charge >= 0.3 is 0 Å². The standard InChI is InChI=1S/C8H16N2O2/c1-3-10-4-5-12-6-7(10)8(11)9-2/h7H,3-6H2,1-2H3,(H,9,11)/t7-/m0/s1. The van der Waals surface area contributed by atoms with Crippen LogP contribution < -0.4 is 5.32 Å². The summed E-state index contributed by atoms with van der Waals surface area (Å²) in [5.74, 6) is 0.0524. The molecule has 1 N–H and O–H groups in total. The van der Waals surface area contributed by atoms with Crippen LogP contribution >= 0.6 is 0 Å². The van der Waals surface area contributed by atoms with Crippen LogP contribution in [0.15, 0.2) is 0 Å². The average molecular weight is 172 g/mol. The molecule has 0 aromatic rings. The third-order valence-electron chi connectivity index (χ3n) is 2.19. The Morgan fingerprint density at radius 2 is 2.50 bits per heavy atom. The summed E-state index contributed by atoms with van der Waals surface area (Å²) in [5, 5.41) is 2.64. The van der Waals surface area contributed by atoms with Crippen molar-refractivity contribution in [1.29, 1.82) is 0 Å². The maximum Gasteiger partial charge on any atom is 0.239 e. The molecule has 0 unspecified atom stereocenters. The predicted octanol–water partition coefficient (Wildman–Crippen LogP) is -0.547. The van der Waals surface area contributed by atoms with Crippen LogP contribution in [0.5, 0.6) is 0 Å². The van der Waals surface area contributed by atoms with Crippen molar-refractivity contribution in [2.45, 2.75) is 13.0 Å². The van der Waals surface area contributed by atoms with Gasteiger partial charge in [-0.1, -0.05) is 6.92 Å². The van der Waals surface area contributed by atoms with Crippen molar-refractivity contribution in [3.63, 3.8) is 0 Å². The molecule has 0 bridgehead atoms. The number of likely N-dealkylation sites (N-methyl/N-ethyl adjacent to an activating group) is 2. The minimum absolute atomic E-state index is 0.0524. The Balaban J connectivity index is 2.52. The van der Waals surface area contributed by atoms with Crippen LogP contribution in [0.3, 0.4) is 0 Å². The smallest absolute Gasteiger partial charge is 0.239 e. The Labute approximate surface area is 72.9 Å². The molecule has 1 aliphatic heterocycles. The number of morpholine rings is 1. The van der Waals surface area contributed by atoms with E-state index >= 15 is 0 Å². The summed E-state index contributed by atoms with van der Waals surface area (Å²) in [6.45, 7) is 5.08. The molecule has 4 heteroatoms. The molecule has 1 heterocycles. The van der Waals surface area contributed by atoms with Crippen molar-refractivity contribution in [2.24, 2.45) is 0 Å². The highest BCUT2D eigenvalue weighted by atomic mass is 16.5. The molecular formula is C8H16N2O2. The van der Waals surface area contributed by atoms with Crippen LogP contribution in [0.1, 0.15) is 6.92 Å². The Morgan fingerprint density at radius 3 is 3.08 bits per heavy atom. The first-order valence-corrected chi connectivity index (χ1v) is 4.33. The molecule has 0 spiro atoms. The number of nitrogens with zero attached hydrogens (tertiary/aromatic N) is 1. The van der Waals surface area contributed by atoms with E-state index in [9.17, 15) is 4.79 Å². The molecule has 1 atom stereocenters. The van der Waals surface area contributed by atoms with Crippen molar-refractivity contribution < 1.29 is 9.53 Å². The first kappa shape index (κ1) is 9.48. The van der Waals surface area contributed by atoms with E-state index in [2.05, 4.69) is 17.1 Å². The lowest BCUT2D eigenvalue weighted by molar-refractivity contribution is -0.131. The van der Waals surface area contributed by atoms with Gasteiger partial charge < -0.3 is 10.1 Å². The number of nitrogens with one attached hydrogen (secondary N) is 1. The normalized spacial score (nSPS) is 25.3. The van der Waals surface area contributed by atoms with Crippen LogP contribution in [-0.2, 0) is 9.53 Å². The molecule has 0 saturated carbocycles. The van der Waals surface area contributed by atoms with Crippen LogP contribution in [0, 0.1) is 0 Å². The van der Waals surface area contributed by atoms with Gasteiger partial charge in [-0.25, -0.2) is 0 Å². The summed E-state index contributed by atoms with van der Waals surface area (Å²) in [4.78, 5) is 13.4. The van der Waals surface area contributed by atoms with Gasteiger partial charge in [-0.2, -0.15) is 0 Å². The van der Waals surface area contributed by atoms with Gasteiger partial charge in [0.05, 0.1) is 13.2 Å². The fourth-order valence-electron chi connectivity index (χ4n) is 1.42. The highest BCUT2D eigenvalue weighted by Gasteiger charge is 2.26. The highest BCUT2D eigenvalue weighted by Crippen LogP contribution is 2.05. The first-order chi connectivity index (χ1) is 5.79. The van der Waals surface area contributed by atoms with Gasteiger partial charge in [0.1, 0.15) is 6.04 Å². The molecule has 12 heavy (non-hydrogen) atoms. The van der Waals surface area contributed by atoms with E-state index in [1.807, 2.05) is 0 Å². The zero-order valence-electron chi connectivity index (χ0n) is 7.67. The second kappa shape index (κ2) is 4.42. The second-order valence-corrected chi connectivity index (χ2v) is 2.83. The molecule has 1 aliphatic rings. The second-order valence-electron chi connectivity index (χ2n) is 2.83. The van der Waals surface area contributed by atoms with Crippen molar-refractivity contribution in [3.05, 3.63) is 0 Å². The highest BCUT2D eigenvalue weighted by molar-refractivity contribution is 5.81. The van der Waals surface area contributed by atoms with Crippen LogP contribution in [0.4, 0.5) is 0 Å². The van der Waals surface area contributed by atoms with E-state index in [1.54, 1.807) is 7.05 Å². The summed E-state index contributed by atoms with van der Waals surface area (Å²) < 4.78 is 5.23. The zero-order valence-corrected chi connectivity index (χ0v) is 7.67. The molecule has 1 rings (SSSR count). The number of hydrogen-bond donors (Lipinski definition) is 1. The largest absolute Gasteiger partial charge is 0.378 e. The van der Waals surface area contributed by atoms with E-state index in [1.165, 1.54) is 0 Å². The molecule has 0 aromatic carbocycles. The van der Waals surface area contributed by atoms with Crippen LogP contribution in [0.2, 0.25) is 0 Å². The van der Waals surface area contributed by atoms with Gasteiger partial charge in [0, 0.05) is 13.6 Å². The summed E-state index contributed by atoms with van der Waals surface area (Å²) >= 11 is 0. The minimum Gasteiger partial charge on any atom is -0.378 e. The molecule has 0 aromatic heterocycles. The van der Waals surface area contributed by atoms with Crippen molar-refractivity contribution in [3.8, 4) is 0 Å². The van der Waals surface area contributed by atoms with Crippen molar-refractivity contribution in [1.82, 2.24) is 10.2 Å². The lowest BCUT2D eigenvalue weighted by Crippen LogP contribution is -2.52. The maximum atomic E-state index is 11.3. The number of hydrogen-bond acceptors (Lipinski definition) is 3. The Kier molecular flexibility index (Phi) is 3.49. The topological polar surface area (TPSA) is 41.6 Å². The SMILES string of the molecule is CCN1CCOC[C@H]1C(=O)NC. The summed E-state index contributed by atoms with van der Waals surface area (Å²) in [5.41, 5.74) is 0. The predicted molar refractivity (Wildman–Crippen MR) is 45.9 cm³/mol. The van der Waals surface area contributed by atoms with Gasteiger partial charge in [0.25, 0.3) is 0 Å². The summed E-state index contributed by atoms with van der Waals surface area (Å²) in [6, 6.07) is -0.0891. The van der Waals surface area contributed by atoms with Crippen molar-refractivity contribution in [2.75, 3.05) is 33.4 Å². The maximum absolute atomic E-state index is 11.3. The lowest BCUT2D eigenvalue weighted by atomic mass is 10.2. The van der Waals surface area contributed by atoms with Gasteiger partial charge in [0.15, 0.2) is 0 Å². The summed E-state index contributed by atoms with van der Waals surface area (Å²) in [7, 11) is 1.66. The molecule has 1 saturated heterocycles. The van der Waals surface area contributed by atoms with E-state index in [0.717, 1.165) is 19.7 Å². The number of amides is 1. The van der Waals surface area contributed by atoms with Gasteiger partial charge in [-0.05, 0) is 6.54 Å². The van der Waals surface area contributed by atoms with E-state index in [4.69, 9.17) is 4.74 Å². The molecular weight excluding hydrogens is 156 g/mol. The first-order valence-electron chi connectivity index (χ1n) is 4.33. The average Bonchev–Trinajstić information content (AvgIpc) is 2.16. The Morgan fingerprint density at radius 1 is 1.75 bits per heavy atom. The molecule has 4 nitrogen and oxygen atoms in total.